The third-order valence-corrected chi connectivity index (χ3v) is 5.53. The van der Waals surface area contributed by atoms with Gasteiger partial charge in [-0.15, -0.1) is 0 Å². The third kappa shape index (κ3) is 3.28. The van der Waals surface area contributed by atoms with Gasteiger partial charge in [0, 0.05) is 0 Å². The van der Waals surface area contributed by atoms with E-state index in [0.29, 0.717) is 15.9 Å². The number of carboxylic acids is 1. The molecule has 0 fully saturated rings. The molecule has 0 bridgehead atoms. The van der Waals surface area contributed by atoms with Crippen LogP contribution in [0.15, 0.2) is 18.2 Å². The van der Waals surface area contributed by atoms with Crippen molar-refractivity contribution in [2.75, 3.05) is 14.2 Å². The molecular weight excluding hydrogens is 339 g/mol. The number of hydrogen-bond donors (Lipinski definition) is 1. The summed E-state index contributed by atoms with van der Waals surface area (Å²) in [5.41, 5.74) is 0. The van der Waals surface area contributed by atoms with E-state index in [1.807, 2.05) is 18.2 Å². The first-order valence-electron chi connectivity index (χ1n) is 6.37. The summed E-state index contributed by atoms with van der Waals surface area (Å²) in [5, 5.41) is 9.73. The van der Waals surface area contributed by atoms with Gasteiger partial charge in [0.2, 0.25) is 0 Å². The molecular formula is C15H16O5Se. The van der Waals surface area contributed by atoms with E-state index in [9.17, 15) is 9.59 Å². The van der Waals surface area contributed by atoms with Gasteiger partial charge in [0.15, 0.2) is 0 Å². The van der Waals surface area contributed by atoms with Crippen molar-refractivity contribution in [3.8, 4) is 11.5 Å². The first-order valence-corrected chi connectivity index (χ1v) is 8.09. The molecule has 5 nitrogen and oxygen atoms in total. The fourth-order valence-corrected chi connectivity index (χ4v) is 4.45. The van der Waals surface area contributed by atoms with Gasteiger partial charge < -0.3 is 0 Å². The zero-order valence-electron chi connectivity index (χ0n) is 12.0. The van der Waals surface area contributed by atoms with Gasteiger partial charge in [-0.05, 0) is 0 Å². The number of hydrogen-bond acceptors (Lipinski definition) is 4. The topological polar surface area (TPSA) is 72.8 Å². The zero-order valence-corrected chi connectivity index (χ0v) is 13.7. The number of aliphatic carboxylic acids is 1. The molecule has 0 saturated heterocycles. The van der Waals surface area contributed by atoms with Crippen LogP contribution in [0.2, 0.25) is 0 Å². The Labute approximate surface area is 128 Å². The number of ketones is 1. The van der Waals surface area contributed by atoms with Crippen molar-refractivity contribution in [2.45, 2.75) is 13.3 Å². The van der Waals surface area contributed by atoms with Crippen LogP contribution in [-0.2, 0) is 4.79 Å². The summed E-state index contributed by atoms with van der Waals surface area (Å²) in [6, 6.07) is 5.56. The molecule has 1 atom stereocenters. The monoisotopic (exact) mass is 356 g/mol. The number of carbonyl (C=O) groups excluding carboxylic acids is 1. The molecule has 6 heteroatoms. The van der Waals surface area contributed by atoms with Crippen LogP contribution in [0.25, 0.3) is 9.65 Å². The van der Waals surface area contributed by atoms with Crippen LogP contribution in [0.1, 0.15) is 22.6 Å². The van der Waals surface area contributed by atoms with Gasteiger partial charge in [0.05, 0.1) is 0 Å². The second-order valence-electron chi connectivity index (χ2n) is 4.72. The average Bonchev–Trinajstić information content (AvgIpc) is 2.86. The van der Waals surface area contributed by atoms with Gasteiger partial charge in [-0.25, -0.2) is 0 Å². The number of rotatable bonds is 6. The number of ether oxygens (including phenoxy) is 2. The van der Waals surface area contributed by atoms with Gasteiger partial charge in [0.1, 0.15) is 0 Å². The fraction of sp³-hybridized carbons (Fsp3) is 0.333. The maximum atomic E-state index is 12.3. The van der Waals surface area contributed by atoms with Crippen LogP contribution in [0.4, 0.5) is 0 Å². The van der Waals surface area contributed by atoms with Crippen molar-refractivity contribution in [3.63, 3.8) is 0 Å². The molecule has 0 saturated carbocycles. The second kappa shape index (κ2) is 6.33. The van der Waals surface area contributed by atoms with E-state index < -0.39 is 11.9 Å². The summed E-state index contributed by atoms with van der Waals surface area (Å²) < 4.78 is 12.2. The van der Waals surface area contributed by atoms with E-state index in [0.717, 1.165) is 9.65 Å². The van der Waals surface area contributed by atoms with Crippen molar-refractivity contribution in [2.24, 2.45) is 5.92 Å². The predicted molar refractivity (Wildman–Crippen MR) is 79.7 cm³/mol. The van der Waals surface area contributed by atoms with E-state index in [4.69, 9.17) is 14.6 Å². The Morgan fingerprint density at radius 1 is 1.19 bits per heavy atom. The minimum atomic E-state index is -0.956. The molecule has 1 unspecified atom stereocenters. The van der Waals surface area contributed by atoms with Gasteiger partial charge in [-0.3, -0.25) is 0 Å². The van der Waals surface area contributed by atoms with Gasteiger partial charge in [-0.2, -0.15) is 0 Å². The Morgan fingerprint density at radius 2 is 1.81 bits per heavy atom. The number of carbonyl (C=O) groups is 2. The van der Waals surface area contributed by atoms with Gasteiger partial charge in [-0.1, -0.05) is 0 Å². The molecule has 0 amide bonds. The Morgan fingerprint density at radius 3 is 2.38 bits per heavy atom. The Hall–Kier alpha value is -1.78. The van der Waals surface area contributed by atoms with E-state index in [1.165, 1.54) is 0 Å². The number of Topliss-reactive ketones (excluding diaryl/α,β-unsaturated/α-hetero) is 1. The molecule has 2 aromatic rings. The van der Waals surface area contributed by atoms with Crippen LogP contribution >= 0.6 is 0 Å². The molecule has 1 N–H and O–H groups in total. The molecule has 2 rings (SSSR count). The second-order valence-corrected chi connectivity index (χ2v) is 6.99. The summed E-state index contributed by atoms with van der Waals surface area (Å²) >= 11 is -0.126. The fourth-order valence-electron chi connectivity index (χ4n) is 2.09. The standard InChI is InChI=1S/C15H16O5Se/c1-8(4-14(16)17)15(18)13-6-9-5-10(19-2)11(20-3)7-12(9)21-13/h5-8H,4H2,1-3H3,(H,16,17). The Bertz CT molecular complexity index is 648. The first kappa shape index (κ1) is 15.6. The van der Waals surface area contributed by atoms with E-state index in [1.54, 1.807) is 21.1 Å². The summed E-state index contributed by atoms with van der Waals surface area (Å²) in [4.78, 5) is 23.0. The average molecular weight is 355 g/mol. The van der Waals surface area contributed by atoms with Crippen molar-refractivity contribution in [1.29, 1.82) is 0 Å². The van der Waals surface area contributed by atoms with Crippen LogP contribution in [0, 0.1) is 5.92 Å². The van der Waals surface area contributed by atoms with Crippen LogP contribution in [0.5, 0.6) is 11.5 Å². The summed E-state index contributed by atoms with van der Waals surface area (Å²) in [5.74, 6) is -0.294. The molecule has 0 aliphatic carbocycles. The molecule has 0 aliphatic rings. The van der Waals surface area contributed by atoms with Crippen LogP contribution in [-0.4, -0.2) is 45.6 Å². The molecule has 0 aliphatic heterocycles. The summed E-state index contributed by atoms with van der Waals surface area (Å²) in [6.07, 6.45) is -0.144. The van der Waals surface area contributed by atoms with Gasteiger partial charge >= 0.3 is 128 Å². The van der Waals surface area contributed by atoms with E-state index in [-0.39, 0.29) is 26.7 Å². The number of carboxylic acid groups (broad SMARTS) is 1. The maximum absolute atomic E-state index is 12.3. The van der Waals surface area contributed by atoms with Gasteiger partial charge in [0.25, 0.3) is 0 Å². The Balaban J connectivity index is 2.38. The first-order chi connectivity index (χ1) is 9.96. The van der Waals surface area contributed by atoms with Crippen molar-refractivity contribution >= 4 is 35.9 Å². The van der Waals surface area contributed by atoms with Crippen LogP contribution < -0.4 is 9.47 Å². The molecule has 1 heterocycles. The van der Waals surface area contributed by atoms with Crippen LogP contribution in [0.3, 0.4) is 0 Å². The predicted octanol–water partition coefficient (Wildman–Crippen LogP) is 2.21. The normalized spacial score (nSPS) is 12.1. The molecule has 0 radical (unpaired) electrons. The SMILES string of the molecule is COc1cc2cc(C(=O)C(C)CC(=O)O)[se]c2cc1OC. The number of methoxy groups -OCH3 is 2. The molecule has 1 aromatic carbocycles. The van der Waals surface area contributed by atoms with E-state index in [2.05, 4.69) is 0 Å². The van der Waals surface area contributed by atoms with E-state index >= 15 is 0 Å². The molecule has 21 heavy (non-hydrogen) atoms. The Kier molecular flexibility index (Phi) is 4.70. The molecule has 0 spiro atoms. The zero-order chi connectivity index (χ0) is 15.6. The number of fused-ring (bicyclic) bond motifs is 1. The quantitative estimate of drug-likeness (QED) is 0.635. The summed E-state index contributed by atoms with van der Waals surface area (Å²) in [7, 11) is 3.13. The van der Waals surface area contributed by atoms with Crippen molar-refractivity contribution in [1.82, 2.24) is 0 Å². The molecule has 1 aromatic heterocycles. The van der Waals surface area contributed by atoms with Crippen molar-refractivity contribution in [3.05, 3.63) is 22.6 Å². The number of benzene rings is 1. The third-order valence-electron chi connectivity index (χ3n) is 3.19. The minimum absolute atomic E-state index is 0.0912. The molecule has 112 valence electrons. The summed E-state index contributed by atoms with van der Waals surface area (Å²) in [6.45, 7) is 1.65. The van der Waals surface area contributed by atoms with Crippen molar-refractivity contribution < 1.29 is 24.2 Å².